The van der Waals surface area contributed by atoms with Gasteiger partial charge in [-0.25, -0.2) is 0 Å². The summed E-state index contributed by atoms with van der Waals surface area (Å²) < 4.78 is 5.69. The molecule has 3 rings (SSSR count). The van der Waals surface area contributed by atoms with E-state index in [1.807, 2.05) is 24.3 Å². The van der Waals surface area contributed by atoms with Crippen molar-refractivity contribution in [1.82, 2.24) is 10.6 Å². The third-order valence-corrected chi connectivity index (χ3v) is 4.94. The van der Waals surface area contributed by atoms with E-state index in [-0.39, 0.29) is 5.91 Å². The summed E-state index contributed by atoms with van der Waals surface area (Å²) >= 11 is 0. The van der Waals surface area contributed by atoms with Crippen LogP contribution in [0.1, 0.15) is 62.2 Å². The van der Waals surface area contributed by atoms with E-state index in [0.29, 0.717) is 18.1 Å². The van der Waals surface area contributed by atoms with Crippen LogP contribution in [0, 0.1) is 0 Å². The molecule has 2 aliphatic rings. The second-order valence-corrected chi connectivity index (χ2v) is 6.86. The molecule has 23 heavy (non-hydrogen) atoms. The molecule has 1 aromatic carbocycles. The Labute approximate surface area is 139 Å². The fourth-order valence-electron chi connectivity index (χ4n) is 3.69. The average molecular weight is 316 g/mol. The second-order valence-electron chi connectivity index (χ2n) is 6.86. The van der Waals surface area contributed by atoms with Crippen LogP contribution < -0.4 is 15.4 Å². The number of rotatable bonds is 7. The molecule has 2 saturated heterocycles. The van der Waals surface area contributed by atoms with Crippen LogP contribution in [0.25, 0.3) is 0 Å². The number of hydrogen-bond donors (Lipinski definition) is 2. The number of unbranched alkanes of at least 4 members (excludes halogenated alkanes) is 2. The Bertz CT molecular complexity index is 503. The summed E-state index contributed by atoms with van der Waals surface area (Å²) in [5.41, 5.74) is 0.719. The SMILES string of the molecule is CCCCCOc1ccc(C(=O)NC2CC3CCC(C2)N3)cc1. The minimum absolute atomic E-state index is 0.0360. The standard InChI is InChI=1S/C19H28N2O2/c1-2-3-4-11-23-18-9-5-14(6-10-18)19(22)21-17-12-15-7-8-16(13-17)20-15/h5-6,9-10,15-17,20H,2-4,7-8,11-13H2,1H3,(H,21,22). The molecule has 4 nitrogen and oxygen atoms in total. The topological polar surface area (TPSA) is 50.4 Å². The quantitative estimate of drug-likeness (QED) is 0.759. The minimum atomic E-state index is 0.0360. The Balaban J connectivity index is 1.47. The van der Waals surface area contributed by atoms with Crippen LogP contribution in [0.3, 0.4) is 0 Å². The van der Waals surface area contributed by atoms with Gasteiger partial charge in [0.25, 0.3) is 5.91 Å². The van der Waals surface area contributed by atoms with Crippen molar-refractivity contribution in [2.45, 2.75) is 70.0 Å². The normalized spacial score (nSPS) is 26.0. The molecule has 0 aliphatic carbocycles. The van der Waals surface area contributed by atoms with Gasteiger partial charge in [-0.3, -0.25) is 4.79 Å². The molecular weight excluding hydrogens is 288 g/mol. The van der Waals surface area contributed by atoms with Crippen LogP contribution in [0.5, 0.6) is 5.75 Å². The maximum Gasteiger partial charge on any atom is 0.251 e. The van der Waals surface area contributed by atoms with Crippen LogP contribution >= 0.6 is 0 Å². The number of carbonyl (C=O) groups is 1. The first-order valence-corrected chi connectivity index (χ1v) is 9.04. The molecule has 4 heteroatoms. The molecular formula is C19H28N2O2. The number of nitrogens with one attached hydrogen (secondary N) is 2. The molecule has 0 aromatic heterocycles. The molecule has 126 valence electrons. The molecule has 1 aromatic rings. The smallest absolute Gasteiger partial charge is 0.251 e. The molecule has 2 fully saturated rings. The van der Waals surface area contributed by atoms with Gasteiger partial charge in [-0.2, -0.15) is 0 Å². The van der Waals surface area contributed by atoms with Crippen molar-refractivity contribution < 1.29 is 9.53 Å². The van der Waals surface area contributed by atoms with Crippen molar-refractivity contribution in [3.8, 4) is 5.75 Å². The van der Waals surface area contributed by atoms with E-state index in [0.717, 1.165) is 37.2 Å². The highest BCUT2D eigenvalue weighted by Crippen LogP contribution is 2.27. The summed E-state index contributed by atoms with van der Waals surface area (Å²) in [4.78, 5) is 12.4. The van der Waals surface area contributed by atoms with Crippen molar-refractivity contribution in [3.63, 3.8) is 0 Å². The first kappa shape index (κ1) is 16.3. The molecule has 2 aliphatic heterocycles. The highest BCUT2D eigenvalue weighted by Gasteiger charge is 2.34. The third kappa shape index (κ3) is 4.47. The number of ether oxygens (including phenoxy) is 1. The molecule has 0 spiro atoms. The highest BCUT2D eigenvalue weighted by atomic mass is 16.5. The molecule has 2 N–H and O–H groups in total. The summed E-state index contributed by atoms with van der Waals surface area (Å²) in [6.45, 7) is 2.93. The van der Waals surface area contributed by atoms with Gasteiger partial charge in [0.2, 0.25) is 0 Å². The maximum absolute atomic E-state index is 12.4. The van der Waals surface area contributed by atoms with Gasteiger partial charge in [-0.1, -0.05) is 19.8 Å². The zero-order valence-corrected chi connectivity index (χ0v) is 14.0. The van der Waals surface area contributed by atoms with E-state index in [1.54, 1.807) is 0 Å². The summed E-state index contributed by atoms with van der Waals surface area (Å²) in [6, 6.07) is 9.02. The van der Waals surface area contributed by atoms with Crippen molar-refractivity contribution in [1.29, 1.82) is 0 Å². The van der Waals surface area contributed by atoms with Gasteiger partial charge in [-0.15, -0.1) is 0 Å². The average Bonchev–Trinajstić information content (AvgIpc) is 2.91. The monoisotopic (exact) mass is 316 g/mol. The summed E-state index contributed by atoms with van der Waals surface area (Å²) in [5.74, 6) is 0.881. The largest absolute Gasteiger partial charge is 0.494 e. The van der Waals surface area contributed by atoms with Gasteiger partial charge in [0.05, 0.1) is 6.61 Å². The number of benzene rings is 1. The Kier molecular flexibility index (Phi) is 5.55. The minimum Gasteiger partial charge on any atom is -0.494 e. The predicted molar refractivity (Wildman–Crippen MR) is 91.9 cm³/mol. The Morgan fingerprint density at radius 1 is 1.17 bits per heavy atom. The number of fused-ring (bicyclic) bond motifs is 2. The van der Waals surface area contributed by atoms with Crippen molar-refractivity contribution in [2.24, 2.45) is 0 Å². The Morgan fingerprint density at radius 3 is 2.52 bits per heavy atom. The maximum atomic E-state index is 12.4. The van der Waals surface area contributed by atoms with E-state index in [2.05, 4.69) is 17.6 Å². The third-order valence-electron chi connectivity index (χ3n) is 4.94. The molecule has 2 bridgehead atoms. The van der Waals surface area contributed by atoms with Crippen LogP contribution in [-0.2, 0) is 0 Å². The van der Waals surface area contributed by atoms with Crippen LogP contribution in [-0.4, -0.2) is 30.6 Å². The second kappa shape index (κ2) is 7.82. The first-order valence-electron chi connectivity index (χ1n) is 9.04. The highest BCUT2D eigenvalue weighted by molar-refractivity contribution is 5.94. The van der Waals surface area contributed by atoms with Gasteiger partial charge >= 0.3 is 0 Å². The lowest BCUT2D eigenvalue weighted by Crippen LogP contribution is -2.48. The zero-order chi connectivity index (χ0) is 16.1. The van der Waals surface area contributed by atoms with Gasteiger partial charge in [0.15, 0.2) is 0 Å². The molecule has 2 heterocycles. The summed E-state index contributed by atoms with van der Waals surface area (Å²) in [5, 5.41) is 6.80. The van der Waals surface area contributed by atoms with Crippen LogP contribution in [0.15, 0.2) is 24.3 Å². The van der Waals surface area contributed by atoms with Crippen molar-refractivity contribution >= 4 is 5.91 Å². The lowest BCUT2D eigenvalue weighted by atomic mass is 9.99. The van der Waals surface area contributed by atoms with E-state index < -0.39 is 0 Å². The van der Waals surface area contributed by atoms with E-state index in [1.165, 1.54) is 25.7 Å². The summed E-state index contributed by atoms with van der Waals surface area (Å²) in [6.07, 6.45) is 8.08. The molecule has 2 atom stereocenters. The van der Waals surface area contributed by atoms with Crippen LogP contribution in [0.2, 0.25) is 0 Å². The number of amides is 1. The van der Waals surface area contributed by atoms with Crippen molar-refractivity contribution in [2.75, 3.05) is 6.61 Å². The van der Waals surface area contributed by atoms with Gasteiger partial charge in [0.1, 0.15) is 5.75 Å². The predicted octanol–water partition coefficient (Wildman–Crippen LogP) is 3.27. The Morgan fingerprint density at radius 2 is 1.87 bits per heavy atom. The lowest BCUT2D eigenvalue weighted by Gasteiger charge is -2.29. The van der Waals surface area contributed by atoms with E-state index >= 15 is 0 Å². The first-order chi connectivity index (χ1) is 11.2. The fraction of sp³-hybridized carbons (Fsp3) is 0.632. The number of hydrogen-bond acceptors (Lipinski definition) is 3. The summed E-state index contributed by atoms with van der Waals surface area (Å²) in [7, 11) is 0. The molecule has 0 radical (unpaired) electrons. The zero-order valence-electron chi connectivity index (χ0n) is 14.0. The number of carbonyl (C=O) groups excluding carboxylic acids is 1. The lowest BCUT2D eigenvalue weighted by molar-refractivity contribution is 0.0924. The van der Waals surface area contributed by atoms with Gasteiger partial charge in [-0.05, 0) is 56.4 Å². The molecule has 2 unspecified atom stereocenters. The van der Waals surface area contributed by atoms with Crippen molar-refractivity contribution in [3.05, 3.63) is 29.8 Å². The Hall–Kier alpha value is -1.55. The molecule has 1 amide bonds. The fourth-order valence-corrected chi connectivity index (χ4v) is 3.69. The van der Waals surface area contributed by atoms with E-state index in [9.17, 15) is 4.79 Å². The molecule has 0 saturated carbocycles. The van der Waals surface area contributed by atoms with Crippen LogP contribution in [0.4, 0.5) is 0 Å². The van der Waals surface area contributed by atoms with Gasteiger partial charge < -0.3 is 15.4 Å². The van der Waals surface area contributed by atoms with E-state index in [4.69, 9.17) is 4.74 Å². The van der Waals surface area contributed by atoms with Gasteiger partial charge in [0, 0.05) is 23.7 Å². The number of piperidine rings is 1.